The van der Waals surface area contributed by atoms with Crippen molar-refractivity contribution in [3.8, 4) is 0 Å². The minimum absolute atomic E-state index is 0.564. The first-order valence-corrected chi connectivity index (χ1v) is 8.54. The summed E-state index contributed by atoms with van der Waals surface area (Å²) >= 11 is -1.76. The van der Waals surface area contributed by atoms with Gasteiger partial charge in [0.15, 0.2) is 0 Å². The number of hydrogen-bond acceptors (Lipinski definition) is 1. The standard InChI is InChI=1S/C6H5.CHO2.Hg/c1-2-4-6-5-3-1;2-1-3;/h1-5H;(H,2,3);. The van der Waals surface area contributed by atoms with Crippen LogP contribution in [0.15, 0.2) is 30.3 Å². The molecule has 0 aliphatic heterocycles. The topological polar surface area (TPSA) is 37.3 Å². The Morgan fingerprint density at radius 3 is 2.40 bits per heavy atom. The van der Waals surface area contributed by atoms with Crippen LogP contribution in [0.4, 0.5) is 4.79 Å². The van der Waals surface area contributed by atoms with Gasteiger partial charge in [0.25, 0.3) is 0 Å². The predicted molar refractivity (Wildman–Crippen MR) is 34.1 cm³/mol. The van der Waals surface area contributed by atoms with E-state index >= 15 is 0 Å². The SMILES string of the molecule is O=[C](O)[Hg][c]1ccccc1. The molecule has 10 heavy (non-hydrogen) atoms. The van der Waals surface area contributed by atoms with Gasteiger partial charge in [0.05, 0.1) is 0 Å². The van der Waals surface area contributed by atoms with Gasteiger partial charge in [0, 0.05) is 0 Å². The fourth-order valence-corrected chi connectivity index (χ4v) is 4.10. The molecule has 0 radical (unpaired) electrons. The van der Waals surface area contributed by atoms with Crippen LogP contribution in [0, 0.1) is 0 Å². The second-order valence-electron chi connectivity index (χ2n) is 2.06. The normalized spacial score (nSPS) is 8.40. The Morgan fingerprint density at radius 2 is 1.90 bits per heavy atom. The average Bonchev–Trinajstić information content (AvgIpc) is 1.88. The van der Waals surface area contributed by atoms with Gasteiger partial charge in [0.1, 0.15) is 0 Å². The molecule has 1 N–H and O–H groups in total. The molecule has 0 aliphatic carbocycles. The van der Waals surface area contributed by atoms with E-state index in [0.29, 0.717) is 0 Å². The molecule has 0 heterocycles. The molecule has 1 aromatic rings. The second-order valence-corrected chi connectivity index (χ2v) is 8.96. The van der Waals surface area contributed by atoms with E-state index in [1.54, 1.807) is 0 Å². The Bertz CT molecular complexity index is 220. The van der Waals surface area contributed by atoms with Crippen molar-refractivity contribution in [2.75, 3.05) is 0 Å². The Hall–Kier alpha value is -0.375. The van der Waals surface area contributed by atoms with Crippen molar-refractivity contribution in [3.05, 3.63) is 30.3 Å². The third kappa shape index (κ3) is 2.48. The molecule has 0 saturated heterocycles. The van der Waals surface area contributed by atoms with E-state index in [2.05, 4.69) is 0 Å². The molecule has 0 aromatic heterocycles. The molecule has 1 aromatic carbocycles. The van der Waals surface area contributed by atoms with Crippen LogP contribution in [0.1, 0.15) is 0 Å². The van der Waals surface area contributed by atoms with Gasteiger partial charge in [-0.2, -0.15) is 0 Å². The van der Waals surface area contributed by atoms with Gasteiger partial charge in [-0.25, -0.2) is 0 Å². The Balaban J connectivity index is 2.67. The Morgan fingerprint density at radius 1 is 1.30 bits per heavy atom. The molecule has 3 heteroatoms. The summed E-state index contributed by atoms with van der Waals surface area (Å²) in [5, 5.41) is 8.47. The van der Waals surface area contributed by atoms with E-state index in [1.165, 1.54) is 0 Å². The fraction of sp³-hybridized carbons (Fsp3) is 0. The molecule has 2 nitrogen and oxygen atoms in total. The summed E-state index contributed by atoms with van der Waals surface area (Å²) < 4.78 is 0.501. The van der Waals surface area contributed by atoms with Crippen molar-refractivity contribution in [1.82, 2.24) is 0 Å². The summed E-state index contributed by atoms with van der Waals surface area (Å²) in [4.78, 5) is 10.3. The van der Waals surface area contributed by atoms with Crippen molar-refractivity contribution in [1.29, 1.82) is 0 Å². The molecule has 0 saturated carbocycles. The third-order valence-corrected chi connectivity index (χ3v) is 5.79. The van der Waals surface area contributed by atoms with Crippen molar-refractivity contribution >= 4 is 6.55 Å². The minimum atomic E-state index is -1.76. The number of rotatable bonds is 2. The number of benzene rings is 1. The summed E-state index contributed by atoms with van der Waals surface area (Å²) in [7, 11) is 0. The summed E-state index contributed by atoms with van der Waals surface area (Å²) in [6.45, 7) is 0. The van der Waals surface area contributed by atoms with Gasteiger partial charge >= 0.3 is 71.4 Å². The first-order chi connectivity index (χ1) is 4.79. The molecule has 0 aliphatic rings. The zero-order valence-corrected chi connectivity index (χ0v) is 10.9. The van der Waals surface area contributed by atoms with Crippen molar-refractivity contribution in [2.45, 2.75) is 0 Å². The first kappa shape index (κ1) is 7.73. The van der Waals surface area contributed by atoms with E-state index in [1.807, 2.05) is 30.3 Å². The fourth-order valence-electron chi connectivity index (χ4n) is 0.770. The summed E-state index contributed by atoms with van der Waals surface area (Å²) in [5.74, 6) is 0. The molecule has 0 amide bonds. The molecule has 48 valence electrons. The van der Waals surface area contributed by atoms with Crippen molar-refractivity contribution in [2.24, 2.45) is 0 Å². The number of carbonyl (C=O) groups is 1. The van der Waals surface area contributed by atoms with Gasteiger partial charge in [-0.3, -0.25) is 0 Å². The van der Waals surface area contributed by atoms with Gasteiger partial charge in [0.2, 0.25) is 0 Å². The first-order valence-electron chi connectivity index (χ1n) is 3.05. The molecule has 0 unspecified atom stereocenters. The maximum absolute atomic E-state index is 10.3. The number of carboxylic acid groups (broad SMARTS) is 1. The van der Waals surface area contributed by atoms with E-state index < -0.39 is 28.1 Å². The Labute approximate surface area is 71.3 Å². The zero-order valence-electron chi connectivity index (χ0n) is 5.45. The van der Waals surface area contributed by atoms with Crippen molar-refractivity contribution in [3.63, 3.8) is 0 Å². The maximum atomic E-state index is 10.3. The van der Waals surface area contributed by atoms with Crippen LogP contribution in [0.3, 0.4) is 0 Å². The zero-order chi connectivity index (χ0) is 7.40. The van der Waals surface area contributed by atoms with Gasteiger partial charge in [-0.1, -0.05) is 0 Å². The molecule has 0 atom stereocenters. The molecule has 0 bridgehead atoms. The van der Waals surface area contributed by atoms with Gasteiger partial charge in [-0.15, -0.1) is 0 Å². The quantitative estimate of drug-likeness (QED) is 0.827. The summed E-state index contributed by atoms with van der Waals surface area (Å²) in [5.41, 5.74) is 0. The van der Waals surface area contributed by atoms with Crippen LogP contribution in [0.2, 0.25) is 0 Å². The van der Waals surface area contributed by atoms with Crippen LogP contribution in [0.25, 0.3) is 0 Å². The molecular formula is C7H6HgO2. The van der Waals surface area contributed by atoms with Crippen molar-refractivity contribution < 1.29 is 34.5 Å². The van der Waals surface area contributed by atoms with Crippen LogP contribution in [-0.4, -0.2) is 8.58 Å². The summed E-state index contributed by atoms with van der Waals surface area (Å²) in [6, 6.07) is 9.47. The van der Waals surface area contributed by atoms with Crippen LogP contribution in [0.5, 0.6) is 0 Å². The van der Waals surface area contributed by atoms with Gasteiger partial charge in [-0.05, 0) is 0 Å². The van der Waals surface area contributed by atoms with Crippen LogP contribution < -0.4 is 3.07 Å². The van der Waals surface area contributed by atoms with Gasteiger partial charge < -0.3 is 0 Å². The average molecular weight is 323 g/mol. The molecular weight excluding hydrogens is 317 g/mol. The Kier molecular flexibility index (Phi) is 2.87. The molecule has 0 spiro atoms. The summed E-state index contributed by atoms with van der Waals surface area (Å²) in [6.07, 6.45) is 0. The molecule has 1 rings (SSSR count). The monoisotopic (exact) mass is 324 g/mol. The van der Waals surface area contributed by atoms with Crippen LogP contribution in [-0.2, 0) is 24.6 Å². The number of hydrogen-bond donors (Lipinski definition) is 1. The predicted octanol–water partition coefficient (Wildman–Crippen LogP) is 1.07. The van der Waals surface area contributed by atoms with E-state index in [0.717, 1.165) is 3.07 Å². The van der Waals surface area contributed by atoms with E-state index in [-0.39, 0.29) is 0 Å². The van der Waals surface area contributed by atoms with Crippen LogP contribution >= 0.6 is 0 Å². The van der Waals surface area contributed by atoms with E-state index in [9.17, 15) is 4.79 Å². The third-order valence-electron chi connectivity index (χ3n) is 1.20. The second kappa shape index (κ2) is 3.71. The van der Waals surface area contributed by atoms with E-state index in [4.69, 9.17) is 5.11 Å². The molecule has 0 fully saturated rings.